The fourth-order valence-electron chi connectivity index (χ4n) is 7.56. The van der Waals surface area contributed by atoms with Crippen molar-refractivity contribution in [3.8, 4) is 29.5 Å². The maximum atomic E-state index is 16.8. The second kappa shape index (κ2) is 10.7. The number of piperidine rings is 1. The van der Waals surface area contributed by atoms with Gasteiger partial charge in [-0.15, -0.1) is 6.42 Å². The first-order valence-corrected chi connectivity index (χ1v) is 15.2. The highest BCUT2D eigenvalue weighted by Crippen LogP contribution is 2.43. The topological polar surface area (TPSA) is 87.7 Å². The summed E-state index contributed by atoms with van der Waals surface area (Å²) < 4.78 is 68.4. The van der Waals surface area contributed by atoms with Crippen LogP contribution in [0.15, 0.2) is 30.3 Å². The SMILES string of the molecule is C#Cc1c(F)ccc2cc(N)cc(-c3c(F)cc4c(N5CCC[C@@](C)(O)C5)nc(OC[C@@]56CCCN5C[C@H](F)C6)nc4c3F)c12. The molecule has 0 bridgehead atoms. The molecule has 1 aromatic heterocycles. The molecule has 7 rings (SSSR count). The predicted molar refractivity (Wildman–Crippen MR) is 165 cm³/mol. The van der Waals surface area contributed by atoms with Crippen molar-refractivity contribution in [2.75, 3.05) is 43.4 Å². The number of terminal acetylenes is 1. The third kappa shape index (κ3) is 5.00. The molecule has 3 aliphatic rings. The number of hydrogen-bond donors (Lipinski definition) is 2. The molecule has 0 amide bonds. The van der Waals surface area contributed by atoms with Crippen LogP contribution < -0.4 is 15.4 Å². The summed E-state index contributed by atoms with van der Waals surface area (Å²) in [6, 6.07) is 6.55. The van der Waals surface area contributed by atoms with Gasteiger partial charge in [-0.25, -0.2) is 17.6 Å². The normalized spacial score (nSPS) is 25.2. The Kier molecular flexibility index (Phi) is 7.06. The minimum Gasteiger partial charge on any atom is -0.461 e. The summed E-state index contributed by atoms with van der Waals surface area (Å²) in [5, 5.41) is 11.5. The van der Waals surface area contributed by atoms with Gasteiger partial charge in [-0.2, -0.15) is 9.97 Å². The quantitative estimate of drug-likeness (QED) is 0.168. The molecule has 3 aromatic carbocycles. The standard InChI is InChI=1S/C34H33F4N5O2/c1-3-22-25(36)7-6-19-12-21(39)13-23(27(19)22)28-26(37)14-24-30(29(28)38)40-32(41-31(24)42-10-4-8-33(2,44)17-42)45-18-34-9-5-11-43(34)16-20(35)15-34/h1,6-7,12-14,20,44H,4-5,8-11,15-18,39H2,2H3/t20-,33-,34+/m1/s1. The van der Waals surface area contributed by atoms with E-state index in [1.165, 1.54) is 18.2 Å². The van der Waals surface area contributed by atoms with Gasteiger partial charge in [0, 0.05) is 42.5 Å². The summed E-state index contributed by atoms with van der Waals surface area (Å²) in [4.78, 5) is 12.9. The van der Waals surface area contributed by atoms with Gasteiger partial charge in [0.15, 0.2) is 5.82 Å². The predicted octanol–water partition coefficient (Wildman–Crippen LogP) is 5.74. The van der Waals surface area contributed by atoms with Crippen LogP contribution in [-0.4, -0.2) is 70.1 Å². The summed E-state index contributed by atoms with van der Waals surface area (Å²) >= 11 is 0. The average molecular weight is 620 g/mol. The van der Waals surface area contributed by atoms with Crippen LogP contribution in [0.3, 0.4) is 0 Å². The number of β-amino-alcohol motifs (C(OH)–C–C–N with tert-alkyl or cyclic N) is 1. The van der Waals surface area contributed by atoms with Crippen molar-refractivity contribution in [1.29, 1.82) is 0 Å². The molecule has 45 heavy (non-hydrogen) atoms. The fourth-order valence-corrected chi connectivity index (χ4v) is 7.56. The number of fused-ring (bicyclic) bond motifs is 3. The highest BCUT2D eigenvalue weighted by molar-refractivity contribution is 6.05. The summed E-state index contributed by atoms with van der Waals surface area (Å²) in [7, 11) is 0. The van der Waals surface area contributed by atoms with Crippen LogP contribution in [-0.2, 0) is 0 Å². The molecule has 3 N–H and O–H groups in total. The first-order valence-electron chi connectivity index (χ1n) is 15.2. The largest absolute Gasteiger partial charge is 0.461 e. The molecule has 0 unspecified atom stereocenters. The lowest BCUT2D eigenvalue weighted by molar-refractivity contribution is 0.0447. The van der Waals surface area contributed by atoms with Gasteiger partial charge >= 0.3 is 6.01 Å². The van der Waals surface area contributed by atoms with E-state index in [0.29, 0.717) is 37.7 Å². The molecule has 3 saturated heterocycles. The number of rotatable bonds is 5. The Morgan fingerprint density at radius 1 is 1.11 bits per heavy atom. The number of nitrogens with zero attached hydrogens (tertiary/aromatic N) is 4. The van der Waals surface area contributed by atoms with Crippen molar-refractivity contribution in [2.45, 2.75) is 56.3 Å². The molecule has 3 fully saturated rings. The lowest BCUT2D eigenvalue weighted by Gasteiger charge is -2.38. The Morgan fingerprint density at radius 3 is 2.69 bits per heavy atom. The molecule has 0 saturated carbocycles. The molecule has 3 aliphatic heterocycles. The van der Waals surface area contributed by atoms with E-state index >= 15 is 8.78 Å². The van der Waals surface area contributed by atoms with E-state index in [4.69, 9.17) is 16.9 Å². The number of nitrogen functional groups attached to an aromatic ring is 1. The van der Waals surface area contributed by atoms with E-state index in [-0.39, 0.29) is 58.1 Å². The third-order valence-corrected chi connectivity index (χ3v) is 9.55. The van der Waals surface area contributed by atoms with Crippen LogP contribution in [0.25, 0.3) is 32.8 Å². The molecular weight excluding hydrogens is 586 g/mol. The molecule has 3 atom stereocenters. The van der Waals surface area contributed by atoms with Crippen molar-refractivity contribution in [2.24, 2.45) is 0 Å². The zero-order chi connectivity index (χ0) is 31.7. The van der Waals surface area contributed by atoms with E-state index in [1.807, 2.05) is 0 Å². The molecule has 234 valence electrons. The molecule has 4 heterocycles. The Bertz CT molecular complexity index is 1890. The van der Waals surface area contributed by atoms with Gasteiger partial charge in [0.2, 0.25) is 0 Å². The highest BCUT2D eigenvalue weighted by atomic mass is 19.1. The number of halogens is 4. The van der Waals surface area contributed by atoms with Gasteiger partial charge in [0.25, 0.3) is 0 Å². The number of aliphatic hydroxyl groups is 1. The highest BCUT2D eigenvalue weighted by Gasteiger charge is 2.49. The molecule has 0 spiro atoms. The maximum Gasteiger partial charge on any atom is 0.319 e. The van der Waals surface area contributed by atoms with Crippen LogP contribution in [0.1, 0.15) is 44.6 Å². The molecular formula is C34H33F4N5O2. The molecule has 0 radical (unpaired) electrons. The Morgan fingerprint density at radius 2 is 1.91 bits per heavy atom. The van der Waals surface area contributed by atoms with Crippen LogP contribution in [0.4, 0.5) is 29.1 Å². The lowest BCUT2D eigenvalue weighted by Crippen LogP contribution is -2.46. The summed E-state index contributed by atoms with van der Waals surface area (Å²) in [5.41, 5.74) is 3.93. The van der Waals surface area contributed by atoms with Crippen LogP contribution in [0, 0.1) is 29.8 Å². The number of aromatic nitrogens is 2. The number of nitrogens with two attached hydrogens (primary N) is 1. The van der Waals surface area contributed by atoms with E-state index < -0.39 is 40.3 Å². The van der Waals surface area contributed by atoms with Gasteiger partial charge in [-0.05, 0) is 74.4 Å². The first-order chi connectivity index (χ1) is 21.5. The van der Waals surface area contributed by atoms with Crippen molar-refractivity contribution in [3.63, 3.8) is 0 Å². The molecule has 11 heteroatoms. The first kappa shape index (κ1) is 29.6. The number of benzene rings is 3. The van der Waals surface area contributed by atoms with E-state index in [0.717, 1.165) is 25.5 Å². The zero-order valence-corrected chi connectivity index (χ0v) is 24.8. The van der Waals surface area contributed by atoms with Gasteiger partial charge in [-0.1, -0.05) is 12.0 Å². The van der Waals surface area contributed by atoms with Gasteiger partial charge in [0.1, 0.15) is 35.7 Å². The average Bonchev–Trinajstić information content (AvgIpc) is 3.51. The number of alkyl halides is 1. The second-order valence-electron chi connectivity index (χ2n) is 12.9. The Labute approximate surface area is 258 Å². The molecule has 7 nitrogen and oxygen atoms in total. The minimum absolute atomic E-state index is 0.0154. The zero-order valence-electron chi connectivity index (χ0n) is 24.8. The summed E-state index contributed by atoms with van der Waals surface area (Å²) in [6.07, 6.45) is 7.85. The minimum atomic E-state index is -1.05. The number of ether oxygens (including phenoxy) is 1. The van der Waals surface area contributed by atoms with Crippen LogP contribution in [0.2, 0.25) is 0 Å². The smallest absolute Gasteiger partial charge is 0.319 e. The van der Waals surface area contributed by atoms with E-state index in [9.17, 15) is 13.9 Å². The summed E-state index contributed by atoms with van der Waals surface area (Å²) in [6.45, 7) is 3.57. The van der Waals surface area contributed by atoms with Crippen molar-refractivity contribution in [1.82, 2.24) is 14.9 Å². The van der Waals surface area contributed by atoms with Crippen molar-refractivity contribution < 1.29 is 27.4 Å². The Balaban J connectivity index is 1.42. The molecule has 0 aliphatic carbocycles. The maximum absolute atomic E-state index is 16.8. The van der Waals surface area contributed by atoms with Gasteiger partial charge < -0.3 is 20.5 Å². The monoisotopic (exact) mass is 619 g/mol. The fraction of sp³-hybridized carbons (Fsp3) is 0.412. The lowest BCUT2D eigenvalue weighted by atomic mass is 9.92. The van der Waals surface area contributed by atoms with E-state index in [2.05, 4.69) is 20.8 Å². The van der Waals surface area contributed by atoms with Crippen molar-refractivity contribution >= 4 is 33.2 Å². The number of hydrogen-bond acceptors (Lipinski definition) is 7. The number of anilines is 2. The Hall–Kier alpha value is -4.14. The van der Waals surface area contributed by atoms with Crippen LogP contribution >= 0.6 is 0 Å². The van der Waals surface area contributed by atoms with Crippen molar-refractivity contribution in [3.05, 3.63) is 53.3 Å². The second-order valence-corrected chi connectivity index (χ2v) is 12.9. The van der Waals surface area contributed by atoms with Gasteiger partial charge in [0.05, 0.1) is 22.3 Å². The van der Waals surface area contributed by atoms with Crippen LogP contribution in [0.5, 0.6) is 6.01 Å². The summed E-state index contributed by atoms with van der Waals surface area (Å²) in [5.74, 6) is -0.154. The van der Waals surface area contributed by atoms with E-state index in [1.54, 1.807) is 17.9 Å². The third-order valence-electron chi connectivity index (χ3n) is 9.55. The molecule has 4 aromatic rings. The van der Waals surface area contributed by atoms with Gasteiger partial charge in [-0.3, -0.25) is 4.90 Å².